The third-order valence-electron chi connectivity index (χ3n) is 4.22. The second-order valence-corrected chi connectivity index (χ2v) is 5.32. The molecule has 0 aliphatic heterocycles. The van der Waals surface area contributed by atoms with E-state index >= 15 is 0 Å². The summed E-state index contributed by atoms with van der Waals surface area (Å²) in [5, 5.41) is 12.4. The highest BCUT2D eigenvalue weighted by atomic mass is 15.0. The highest BCUT2D eigenvalue weighted by Gasteiger charge is 2.36. The number of anilines is 1. The van der Waals surface area contributed by atoms with Gasteiger partial charge in [0, 0.05) is 12.2 Å². The van der Waals surface area contributed by atoms with Crippen LogP contribution in [-0.2, 0) is 0 Å². The monoisotopic (exact) mass is 243 g/mol. The standard InChI is InChI=1S/C15H21N3/c1-12-4-2-3-9-15(12,11-17)18-14-7-5-13(10-16)6-8-14/h5-8,12,18H,2-4,9,11,17H2,1H3. The van der Waals surface area contributed by atoms with Crippen molar-refractivity contribution in [3.05, 3.63) is 29.8 Å². The van der Waals surface area contributed by atoms with Crippen molar-refractivity contribution < 1.29 is 0 Å². The predicted molar refractivity (Wildman–Crippen MR) is 74.2 cm³/mol. The first-order chi connectivity index (χ1) is 8.70. The molecule has 1 aliphatic carbocycles. The van der Waals surface area contributed by atoms with Gasteiger partial charge in [0.25, 0.3) is 0 Å². The number of hydrogen-bond donors (Lipinski definition) is 2. The van der Waals surface area contributed by atoms with Gasteiger partial charge in [-0.05, 0) is 43.0 Å². The normalized spacial score (nSPS) is 27.5. The fourth-order valence-corrected chi connectivity index (χ4v) is 2.87. The van der Waals surface area contributed by atoms with Crippen LogP contribution in [0.4, 0.5) is 5.69 Å². The molecule has 2 unspecified atom stereocenters. The van der Waals surface area contributed by atoms with Crippen LogP contribution >= 0.6 is 0 Å². The van der Waals surface area contributed by atoms with E-state index in [4.69, 9.17) is 11.0 Å². The smallest absolute Gasteiger partial charge is 0.0991 e. The van der Waals surface area contributed by atoms with E-state index in [1.807, 2.05) is 24.3 Å². The zero-order valence-corrected chi connectivity index (χ0v) is 10.9. The fourth-order valence-electron chi connectivity index (χ4n) is 2.87. The van der Waals surface area contributed by atoms with Gasteiger partial charge in [-0.2, -0.15) is 5.26 Å². The third kappa shape index (κ3) is 2.49. The Kier molecular flexibility index (Phi) is 3.88. The summed E-state index contributed by atoms with van der Waals surface area (Å²) in [7, 11) is 0. The van der Waals surface area contributed by atoms with Crippen LogP contribution in [0, 0.1) is 17.2 Å². The van der Waals surface area contributed by atoms with E-state index in [-0.39, 0.29) is 5.54 Å². The lowest BCUT2D eigenvalue weighted by atomic mass is 9.73. The van der Waals surface area contributed by atoms with Crippen molar-refractivity contribution in [3.8, 4) is 6.07 Å². The molecule has 1 aliphatic rings. The Hall–Kier alpha value is -1.53. The van der Waals surface area contributed by atoms with Crippen LogP contribution in [0.25, 0.3) is 0 Å². The van der Waals surface area contributed by atoms with Gasteiger partial charge in [0.2, 0.25) is 0 Å². The largest absolute Gasteiger partial charge is 0.378 e. The molecular formula is C15H21N3. The van der Waals surface area contributed by atoms with E-state index in [2.05, 4.69) is 18.3 Å². The number of rotatable bonds is 3. The zero-order chi connectivity index (χ0) is 13.0. The van der Waals surface area contributed by atoms with E-state index in [0.29, 0.717) is 18.0 Å². The second kappa shape index (κ2) is 5.41. The number of hydrogen-bond acceptors (Lipinski definition) is 3. The average molecular weight is 243 g/mol. The van der Waals surface area contributed by atoms with Crippen LogP contribution in [0.2, 0.25) is 0 Å². The molecule has 2 rings (SSSR count). The number of nitrogens with one attached hydrogen (secondary N) is 1. The zero-order valence-electron chi connectivity index (χ0n) is 10.9. The third-order valence-corrected chi connectivity index (χ3v) is 4.22. The van der Waals surface area contributed by atoms with Gasteiger partial charge >= 0.3 is 0 Å². The molecule has 3 N–H and O–H groups in total. The molecule has 0 spiro atoms. The van der Waals surface area contributed by atoms with Gasteiger partial charge in [0.1, 0.15) is 0 Å². The van der Waals surface area contributed by atoms with Crippen molar-refractivity contribution in [1.82, 2.24) is 0 Å². The Morgan fingerprint density at radius 3 is 2.67 bits per heavy atom. The van der Waals surface area contributed by atoms with Gasteiger partial charge < -0.3 is 11.1 Å². The first-order valence-electron chi connectivity index (χ1n) is 6.68. The lowest BCUT2D eigenvalue weighted by Gasteiger charge is -2.43. The molecule has 0 amide bonds. The van der Waals surface area contributed by atoms with Crippen molar-refractivity contribution in [2.45, 2.75) is 38.1 Å². The molecule has 1 aromatic rings. The quantitative estimate of drug-likeness (QED) is 0.858. The van der Waals surface area contributed by atoms with Crippen LogP contribution in [-0.4, -0.2) is 12.1 Å². The van der Waals surface area contributed by atoms with Crippen molar-refractivity contribution in [2.75, 3.05) is 11.9 Å². The molecule has 0 saturated heterocycles. The minimum Gasteiger partial charge on any atom is -0.378 e. The molecule has 0 bridgehead atoms. The lowest BCUT2D eigenvalue weighted by molar-refractivity contribution is 0.235. The summed E-state index contributed by atoms with van der Waals surface area (Å²) in [6.45, 7) is 2.94. The topological polar surface area (TPSA) is 61.8 Å². The minimum atomic E-state index is 0.0202. The molecular weight excluding hydrogens is 222 g/mol. The Bertz CT molecular complexity index is 432. The van der Waals surface area contributed by atoms with E-state index in [9.17, 15) is 0 Å². The van der Waals surface area contributed by atoms with Gasteiger partial charge in [0.05, 0.1) is 17.2 Å². The first-order valence-corrected chi connectivity index (χ1v) is 6.68. The molecule has 0 radical (unpaired) electrons. The summed E-state index contributed by atoms with van der Waals surface area (Å²) in [5.74, 6) is 0.590. The lowest BCUT2D eigenvalue weighted by Crippen LogP contribution is -2.52. The van der Waals surface area contributed by atoms with E-state index in [1.165, 1.54) is 19.3 Å². The van der Waals surface area contributed by atoms with Crippen LogP contribution in [0.3, 0.4) is 0 Å². The number of nitrogens with two attached hydrogens (primary N) is 1. The number of nitriles is 1. The van der Waals surface area contributed by atoms with Crippen molar-refractivity contribution in [3.63, 3.8) is 0 Å². The SMILES string of the molecule is CC1CCCCC1(CN)Nc1ccc(C#N)cc1. The van der Waals surface area contributed by atoms with Crippen LogP contribution in [0.15, 0.2) is 24.3 Å². The van der Waals surface area contributed by atoms with Crippen LogP contribution < -0.4 is 11.1 Å². The van der Waals surface area contributed by atoms with Crippen LogP contribution in [0.5, 0.6) is 0 Å². The first kappa shape index (κ1) is 12.9. The van der Waals surface area contributed by atoms with E-state index < -0.39 is 0 Å². The van der Waals surface area contributed by atoms with Crippen molar-refractivity contribution >= 4 is 5.69 Å². The molecule has 3 heteroatoms. The van der Waals surface area contributed by atoms with Gasteiger partial charge in [-0.1, -0.05) is 19.8 Å². The number of nitrogens with zero attached hydrogens (tertiary/aromatic N) is 1. The highest BCUT2D eigenvalue weighted by molar-refractivity contribution is 5.49. The summed E-state index contributed by atoms with van der Waals surface area (Å²) >= 11 is 0. The van der Waals surface area contributed by atoms with E-state index in [0.717, 1.165) is 12.1 Å². The highest BCUT2D eigenvalue weighted by Crippen LogP contribution is 2.35. The summed E-state index contributed by atoms with van der Waals surface area (Å²) < 4.78 is 0. The summed E-state index contributed by atoms with van der Waals surface area (Å²) in [6, 6.07) is 9.77. The predicted octanol–water partition coefficient (Wildman–Crippen LogP) is 2.88. The number of benzene rings is 1. The average Bonchev–Trinajstić information content (AvgIpc) is 2.42. The summed E-state index contributed by atoms with van der Waals surface area (Å²) in [5.41, 5.74) is 7.79. The molecule has 1 fully saturated rings. The maximum Gasteiger partial charge on any atom is 0.0991 e. The Morgan fingerprint density at radius 1 is 1.39 bits per heavy atom. The molecule has 3 nitrogen and oxygen atoms in total. The minimum absolute atomic E-state index is 0.0202. The molecule has 18 heavy (non-hydrogen) atoms. The Balaban J connectivity index is 2.16. The summed E-state index contributed by atoms with van der Waals surface area (Å²) in [6.07, 6.45) is 4.91. The van der Waals surface area contributed by atoms with E-state index in [1.54, 1.807) is 0 Å². The molecule has 1 saturated carbocycles. The van der Waals surface area contributed by atoms with Gasteiger partial charge in [0.15, 0.2) is 0 Å². The summed E-state index contributed by atoms with van der Waals surface area (Å²) in [4.78, 5) is 0. The molecule has 96 valence electrons. The van der Waals surface area contributed by atoms with Crippen molar-refractivity contribution in [1.29, 1.82) is 5.26 Å². The maximum atomic E-state index is 8.80. The molecule has 0 heterocycles. The van der Waals surface area contributed by atoms with Gasteiger partial charge in [-0.25, -0.2) is 0 Å². The van der Waals surface area contributed by atoms with Gasteiger partial charge in [-0.3, -0.25) is 0 Å². The van der Waals surface area contributed by atoms with Crippen molar-refractivity contribution in [2.24, 2.45) is 11.7 Å². The molecule has 0 aromatic heterocycles. The molecule has 2 atom stereocenters. The Morgan fingerprint density at radius 2 is 2.11 bits per heavy atom. The molecule has 1 aromatic carbocycles. The maximum absolute atomic E-state index is 8.80. The van der Waals surface area contributed by atoms with Crippen LogP contribution in [0.1, 0.15) is 38.2 Å². The Labute approximate surface area is 109 Å². The fraction of sp³-hybridized carbons (Fsp3) is 0.533. The second-order valence-electron chi connectivity index (χ2n) is 5.32. The van der Waals surface area contributed by atoms with Gasteiger partial charge in [-0.15, -0.1) is 0 Å².